The van der Waals surface area contributed by atoms with Crippen LogP contribution in [0.1, 0.15) is 9.60 Å². The monoisotopic (exact) mass is 415 g/mol. The molecule has 7 rings (SSSR count). The first-order valence-electron chi connectivity index (χ1n) is 13.9. The number of benzene rings is 5. The van der Waals surface area contributed by atoms with Crippen LogP contribution in [0.4, 0.5) is 0 Å². The summed E-state index contributed by atoms with van der Waals surface area (Å²) in [6, 6.07) is 22.8. The average molecular weight is 416 g/mol. The molecular formula is C30H20N2. The van der Waals surface area contributed by atoms with Gasteiger partial charge in [-0.25, -0.2) is 0 Å². The molecule has 150 valence electrons. The Balaban J connectivity index is 1.77. The molecule has 0 aliphatic heterocycles. The predicted molar refractivity (Wildman–Crippen MR) is 135 cm³/mol. The molecule has 5 aromatic carbocycles. The molecule has 0 amide bonds. The Hall–Kier alpha value is -4.30. The van der Waals surface area contributed by atoms with E-state index in [1.54, 1.807) is 28.8 Å². The van der Waals surface area contributed by atoms with Gasteiger partial charge in [-0.15, -0.1) is 0 Å². The highest BCUT2D eigenvalue weighted by Gasteiger charge is 2.15. The van der Waals surface area contributed by atoms with Crippen molar-refractivity contribution in [2.45, 2.75) is 0 Å². The van der Waals surface area contributed by atoms with Crippen molar-refractivity contribution in [3.63, 3.8) is 0 Å². The number of nitrogens with zero attached hydrogens (tertiary/aromatic N) is 2. The minimum absolute atomic E-state index is 0.0674. The smallest absolute Gasteiger partial charge is 0.0652 e. The maximum Gasteiger partial charge on any atom is 0.0652 e. The SMILES string of the molecule is [2H]c1c([2H])c([2H])c2c(c1[2H])c1c([2H])c(-n3c4ccccc4c4ccccc43)c([2H])c([2H])c1n2-c1ccccc1. The van der Waals surface area contributed by atoms with Gasteiger partial charge >= 0.3 is 0 Å². The van der Waals surface area contributed by atoms with Gasteiger partial charge in [0, 0.05) is 32.9 Å². The fourth-order valence-electron chi connectivity index (χ4n) is 4.62. The molecule has 32 heavy (non-hydrogen) atoms. The lowest BCUT2D eigenvalue weighted by molar-refractivity contribution is 1.17. The van der Waals surface area contributed by atoms with E-state index in [0.29, 0.717) is 5.69 Å². The highest BCUT2D eigenvalue weighted by Crippen LogP contribution is 2.36. The number of hydrogen-bond donors (Lipinski definition) is 0. The lowest BCUT2D eigenvalue weighted by Crippen LogP contribution is -1.95. The molecule has 2 nitrogen and oxygen atoms in total. The van der Waals surface area contributed by atoms with Gasteiger partial charge in [-0.3, -0.25) is 0 Å². The van der Waals surface area contributed by atoms with Crippen LogP contribution < -0.4 is 0 Å². The van der Waals surface area contributed by atoms with Gasteiger partial charge in [0.05, 0.1) is 31.7 Å². The van der Waals surface area contributed by atoms with E-state index in [-0.39, 0.29) is 63.7 Å². The van der Waals surface area contributed by atoms with E-state index in [9.17, 15) is 2.74 Å². The molecule has 0 aliphatic carbocycles. The van der Waals surface area contributed by atoms with Gasteiger partial charge in [0.1, 0.15) is 0 Å². The number of rotatable bonds is 2. The molecule has 0 radical (unpaired) electrons. The van der Waals surface area contributed by atoms with Crippen LogP contribution >= 0.6 is 0 Å². The Morgan fingerprint density at radius 2 is 1.03 bits per heavy atom. The van der Waals surface area contributed by atoms with Gasteiger partial charge in [-0.2, -0.15) is 0 Å². The third-order valence-corrected chi connectivity index (χ3v) is 5.96. The molecule has 2 heteroatoms. The van der Waals surface area contributed by atoms with Crippen LogP contribution in [-0.4, -0.2) is 9.13 Å². The second kappa shape index (κ2) is 6.60. The summed E-state index contributed by atoms with van der Waals surface area (Å²) < 4.78 is 65.5. The Morgan fingerprint density at radius 3 is 1.78 bits per heavy atom. The Bertz CT molecular complexity index is 2090. The third-order valence-electron chi connectivity index (χ3n) is 5.96. The largest absolute Gasteiger partial charge is 0.309 e. The van der Waals surface area contributed by atoms with Crippen molar-refractivity contribution >= 4 is 43.6 Å². The van der Waals surface area contributed by atoms with Gasteiger partial charge in [0.2, 0.25) is 0 Å². The van der Waals surface area contributed by atoms with E-state index in [1.165, 1.54) is 0 Å². The number of hydrogen-bond acceptors (Lipinski definition) is 0. The third kappa shape index (κ3) is 2.35. The summed E-state index contributed by atoms with van der Waals surface area (Å²) in [6.07, 6.45) is 0. The van der Waals surface area contributed by atoms with E-state index in [1.807, 2.05) is 59.2 Å². The standard InChI is InChI=1S/C30H20N2/c1-2-10-21(11-3-1)31-29-17-9-6-14-25(29)26-20-22(18-19-30(26)31)32-27-15-7-4-12-23(27)24-13-5-8-16-28(24)32/h1-20H/i6D,9D,14D,17D,18D,19D,20D. The lowest BCUT2D eigenvalue weighted by Gasteiger charge is -2.10. The van der Waals surface area contributed by atoms with Gasteiger partial charge in [0.15, 0.2) is 0 Å². The molecule has 2 heterocycles. The normalized spacial score (nSPS) is 14.8. The first kappa shape index (κ1) is 11.9. The maximum absolute atomic E-state index is 9.46. The summed E-state index contributed by atoms with van der Waals surface area (Å²) >= 11 is 0. The summed E-state index contributed by atoms with van der Waals surface area (Å²) in [5, 5.41) is 2.29. The molecule has 0 N–H and O–H groups in total. The van der Waals surface area contributed by atoms with Gasteiger partial charge < -0.3 is 9.13 Å². The lowest BCUT2D eigenvalue weighted by atomic mass is 10.1. The Labute approximate surface area is 195 Å². The minimum Gasteiger partial charge on any atom is -0.309 e. The molecule has 0 saturated heterocycles. The van der Waals surface area contributed by atoms with Crippen molar-refractivity contribution in [2.24, 2.45) is 0 Å². The second-order valence-electron chi connectivity index (χ2n) is 7.71. The summed E-state index contributed by atoms with van der Waals surface area (Å²) in [6.45, 7) is 0. The summed E-state index contributed by atoms with van der Waals surface area (Å²) in [4.78, 5) is 0. The zero-order valence-corrected chi connectivity index (χ0v) is 16.9. The van der Waals surface area contributed by atoms with E-state index in [0.717, 1.165) is 21.8 Å². The molecule has 0 saturated carbocycles. The Kier molecular flexibility index (Phi) is 2.46. The van der Waals surface area contributed by atoms with Crippen LogP contribution in [0.15, 0.2) is 121 Å². The molecule has 2 aromatic heterocycles. The topological polar surface area (TPSA) is 9.86 Å². The quantitative estimate of drug-likeness (QED) is 0.272. The maximum atomic E-state index is 9.46. The van der Waals surface area contributed by atoms with E-state index in [4.69, 9.17) is 6.85 Å². The zero-order valence-electron chi connectivity index (χ0n) is 23.9. The van der Waals surface area contributed by atoms with Crippen LogP contribution in [0.5, 0.6) is 0 Å². The second-order valence-corrected chi connectivity index (χ2v) is 7.71. The average Bonchev–Trinajstić information content (AvgIpc) is 3.49. The van der Waals surface area contributed by atoms with Gasteiger partial charge in [0.25, 0.3) is 0 Å². The van der Waals surface area contributed by atoms with Crippen LogP contribution in [0, 0.1) is 0 Å². The molecule has 7 aromatic rings. The van der Waals surface area contributed by atoms with E-state index in [2.05, 4.69) is 0 Å². The first-order chi connectivity index (χ1) is 18.8. The highest BCUT2D eigenvalue weighted by molar-refractivity contribution is 6.12. The van der Waals surface area contributed by atoms with Crippen molar-refractivity contribution in [3.8, 4) is 11.4 Å². The number of aromatic nitrogens is 2. The predicted octanol–water partition coefficient (Wildman–Crippen LogP) is 7.88. The molecule has 0 aliphatic rings. The fraction of sp³-hybridized carbons (Fsp3) is 0. The molecule has 0 fully saturated rings. The van der Waals surface area contributed by atoms with Crippen molar-refractivity contribution < 1.29 is 9.60 Å². The molecule has 0 atom stereocenters. The zero-order chi connectivity index (χ0) is 27.2. The highest BCUT2D eigenvalue weighted by atomic mass is 15.0. The molecule has 0 unspecified atom stereocenters. The molecule has 0 spiro atoms. The van der Waals surface area contributed by atoms with Crippen molar-refractivity contribution in [1.29, 1.82) is 0 Å². The van der Waals surface area contributed by atoms with E-state index >= 15 is 0 Å². The summed E-state index contributed by atoms with van der Waals surface area (Å²) in [5.74, 6) is 0. The van der Waals surface area contributed by atoms with Crippen LogP contribution in [0.2, 0.25) is 0 Å². The number of para-hydroxylation sites is 4. The van der Waals surface area contributed by atoms with Crippen LogP contribution in [0.25, 0.3) is 55.0 Å². The summed E-state index contributed by atoms with van der Waals surface area (Å²) in [7, 11) is 0. The van der Waals surface area contributed by atoms with E-state index < -0.39 is 6.04 Å². The molecule has 0 bridgehead atoms. The number of fused-ring (bicyclic) bond motifs is 6. The van der Waals surface area contributed by atoms with Crippen molar-refractivity contribution in [3.05, 3.63) is 121 Å². The van der Waals surface area contributed by atoms with Crippen LogP contribution in [-0.2, 0) is 0 Å². The van der Waals surface area contributed by atoms with Gasteiger partial charge in [-0.05, 0) is 48.4 Å². The molecular weight excluding hydrogens is 388 g/mol. The van der Waals surface area contributed by atoms with Crippen molar-refractivity contribution in [2.75, 3.05) is 0 Å². The van der Waals surface area contributed by atoms with Crippen LogP contribution in [0.3, 0.4) is 0 Å². The van der Waals surface area contributed by atoms with Gasteiger partial charge in [-0.1, -0.05) is 72.7 Å². The van der Waals surface area contributed by atoms with Crippen molar-refractivity contribution in [1.82, 2.24) is 9.13 Å². The fourth-order valence-corrected chi connectivity index (χ4v) is 4.62. The summed E-state index contributed by atoms with van der Waals surface area (Å²) in [5.41, 5.74) is 2.75. The minimum atomic E-state index is -0.404. The first-order valence-corrected chi connectivity index (χ1v) is 10.4. The Morgan fingerprint density at radius 1 is 0.438 bits per heavy atom.